The highest BCUT2D eigenvalue weighted by Gasteiger charge is 2.17. The molecule has 1 aromatic heterocycles. The molecule has 1 heterocycles. The Balaban J connectivity index is 2.47. The monoisotopic (exact) mass is 254 g/mol. The molecule has 1 amide bonds. The zero-order chi connectivity index (χ0) is 13.8. The molecule has 102 valence electrons. The van der Waals surface area contributed by atoms with E-state index in [-0.39, 0.29) is 6.04 Å². The second-order valence-electron chi connectivity index (χ2n) is 5.06. The molecular formula is C12H22N4O2. The van der Waals surface area contributed by atoms with E-state index in [1.165, 1.54) is 0 Å². The quantitative estimate of drug-likeness (QED) is 0.851. The number of hydrogen-bond donors (Lipinski definition) is 2. The maximum Gasteiger partial charge on any atom is 0.407 e. The van der Waals surface area contributed by atoms with Crippen LogP contribution in [0.15, 0.2) is 12.3 Å². The third kappa shape index (κ3) is 4.37. The van der Waals surface area contributed by atoms with Crippen molar-refractivity contribution in [3.05, 3.63) is 18.0 Å². The van der Waals surface area contributed by atoms with Crippen molar-refractivity contribution in [2.45, 2.75) is 45.9 Å². The Morgan fingerprint density at radius 1 is 1.61 bits per heavy atom. The first-order valence-electron chi connectivity index (χ1n) is 6.07. The molecule has 1 aromatic rings. The van der Waals surface area contributed by atoms with Gasteiger partial charge in [-0.3, -0.25) is 4.68 Å². The number of nitrogens with two attached hydrogens (primary N) is 1. The predicted octanol–water partition coefficient (Wildman–Crippen LogP) is 1.43. The summed E-state index contributed by atoms with van der Waals surface area (Å²) in [6.07, 6.45) is 1.24. The van der Waals surface area contributed by atoms with E-state index in [0.29, 0.717) is 6.54 Å². The number of aryl methyl sites for hydroxylation is 1. The average Bonchev–Trinajstić information content (AvgIpc) is 2.71. The number of ether oxygens (including phenoxy) is 1. The molecule has 3 N–H and O–H groups in total. The number of carbonyl (C=O) groups excluding carboxylic acids is 1. The van der Waals surface area contributed by atoms with Crippen molar-refractivity contribution in [3.63, 3.8) is 0 Å². The molecular weight excluding hydrogens is 232 g/mol. The molecule has 0 aliphatic heterocycles. The number of amides is 1. The van der Waals surface area contributed by atoms with Gasteiger partial charge in [0.2, 0.25) is 0 Å². The summed E-state index contributed by atoms with van der Waals surface area (Å²) in [6, 6.07) is 1.56. The molecule has 0 saturated heterocycles. The Kier molecular flexibility index (Phi) is 4.72. The molecule has 18 heavy (non-hydrogen) atoms. The van der Waals surface area contributed by atoms with E-state index in [1.807, 2.05) is 33.8 Å². The lowest BCUT2D eigenvalue weighted by Crippen LogP contribution is -2.37. The SMILES string of the molecule is CCn1nccc1C(N)CNC(=O)OC(C)(C)C. The highest BCUT2D eigenvalue weighted by molar-refractivity contribution is 5.67. The van der Waals surface area contributed by atoms with Gasteiger partial charge in [-0.2, -0.15) is 5.10 Å². The summed E-state index contributed by atoms with van der Waals surface area (Å²) in [5.74, 6) is 0. The minimum absolute atomic E-state index is 0.292. The molecule has 0 saturated carbocycles. The zero-order valence-corrected chi connectivity index (χ0v) is 11.4. The Labute approximate surface area is 107 Å². The second-order valence-corrected chi connectivity index (χ2v) is 5.06. The van der Waals surface area contributed by atoms with Crippen molar-refractivity contribution < 1.29 is 9.53 Å². The molecule has 0 radical (unpaired) electrons. The molecule has 0 spiro atoms. The standard InChI is InChI=1S/C12H22N4O2/c1-5-16-10(6-7-15-16)9(13)8-14-11(17)18-12(2,3)4/h6-7,9H,5,8,13H2,1-4H3,(H,14,17). The van der Waals surface area contributed by atoms with Crippen molar-refractivity contribution in [1.82, 2.24) is 15.1 Å². The van der Waals surface area contributed by atoms with Crippen LogP contribution in [-0.2, 0) is 11.3 Å². The first kappa shape index (κ1) is 14.5. The van der Waals surface area contributed by atoms with Gasteiger partial charge in [0.05, 0.1) is 11.7 Å². The summed E-state index contributed by atoms with van der Waals surface area (Å²) in [6.45, 7) is 8.52. The van der Waals surface area contributed by atoms with Crippen LogP contribution in [0.2, 0.25) is 0 Å². The fourth-order valence-corrected chi connectivity index (χ4v) is 1.53. The molecule has 1 atom stereocenters. The number of rotatable bonds is 4. The number of alkyl carbamates (subject to hydrolysis) is 1. The van der Waals surface area contributed by atoms with Crippen LogP contribution in [0.5, 0.6) is 0 Å². The third-order valence-electron chi connectivity index (χ3n) is 2.29. The lowest BCUT2D eigenvalue weighted by atomic mass is 10.2. The highest BCUT2D eigenvalue weighted by Crippen LogP contribution is 2.10. The van der Waals surface area contributed by atoms with Gasteiger partial charge in [-0.15, -0.1) is 0 Å². The maximum absolute atomic E-state index is 11.5. The summed E-state index contributed by atoms with van der Waals surface area (Å²) < 4.78 is 6.94. The molecule has 6 nitrogen and oxygen atoms in total. The van der Waals surface area contributed by atoms with Crippen LogP contribution in [0.1, 0.15) is 39.4 Å². The third-order valence-corrected chi connectivity index (χ3v) is 2.29. The van der Waals surface area contributed by atoms with E-state index in [4.69, 9.17) is 10.5 Å². The van der Waals surface area contributed by atoms with Crippen molar-refractivity contribution in [2.75, 3.05) is 6.54 Å². The van der Waals surface area contributed by atoms with Crippen LogP contribution in [0.3, 0.4) is 0 Å². The predicted molar refractivity (Wildman–Crippen MR) is 69.1 cm³/mol. The Hall–Kier alpha value is -1.56. The molecule has 6 heteroatoms. The van der Waals surface area contributed by atoms with Crippen LogP contribution in [0.25, 0.3) is 0 Å². The first-order chi connectivity index (χ1) is 8.33. The molecule has 1 unspecified atom stereocenters. The van der Waals surface area contributed by atoms with E-state index < -0.39 is 11.7 Å². The van der Waals surface area contributed by atoms with Crippen molar-refractivity contribution in [1.29, 1.82) is 0 Å². The maximum atomic E-state index is 11.5. The second kappa shape index (κ2) is 5.86. The summed E-state index contributed by atoms with van der Waals surface area (Å²) in [5.41, 5.74) is 6.39. The largest absolute Gasteiger partial charge is 0.444 e. The van der Waals surface area contributed by atoms with Crippen LogP contribution in [-0.4, -0.2) is 28.0 Å². The molecule has 0 aliphatic rings. The van der Waals surface area contributed by atoms with Crippen LogP contribution >= 0.6 is 0 Å². The Bertz CT molecular complexity index is 395. The van der Waals surface area contributed by atoms with E-state index in [0.717, 1.165) is 12.2 Å². The van der Waals surface area contributed by atoms with Gasteiger partial charge in [0, 0.05) is 19.3 Å². The average molecular weight is 254 g/mol. The first-order valence-corrected chi connectivity index (χ1v) is 6.07. The highest BCUT2D eigenvalue weighted by atomic mass is 16.6. The van der Waals surface area contributed by atoms with Gasteiger partial charge in [0.1, 0.15) is 5.60 Å². The summed E-state index contributed by atoms with van der Waals surface area (Å²) in [7, 11) is 0. The van der Waals surface area contributed by atoms with Gasteiger partial charge in [-0.1, -0.05) is 0 Å². The van der Waals surface area contributed by atoms with E-state index in [2.05, 4.69) is 10.4 Å². The fraction of sp³-hybridized carbons (Fsp3) is 0.667. The lowest BCUT2D eigenvalue weighted by molar-refractivity contribution is 0.0524. The van der Waals surface area contributed by atoms with Gasteiger partial charge < -0.3 is 15.8 Å². The molecule has 0 aromatic carbocycles. The van der Waals surface area contributed by atoms with Gasteiger partial charge in [0.15, 0.2) is 0 Å². The van der Waals surface area contributed by atoms with E-state index in [1.54, 1.807) is 10.9 Å². The number of hydrogen-bond acceptors (Lipinski definition) is 4. The van der Waals surface area contributed by atoms with Crippen LogP contribution < -0.4 is 11.1 Å². The van der Waals surface area contributed by atoms with Crippen molar-refractivity contribution in [2.24, 2.45) is 5.73 Å². The van der Waals surface area contributed by atoms with Crippen molar-refractivity contribution >= 4 is 6.09 Å². The number of nitrogens with zero attached hydrogens (tertiary/aromatic N) is 2. The van der Waals surface area contributed by atoms with Gasteiger partial charge in [0.25, 0.3) is 0 Å². The number of nitrogens with one attached hydrogen (secondary N) is 1. The minimum Gasteiger partial charge on any atom is -0.444 e. The summed E-state index contributed by atoms with van der Waals surface area (Å²) in [4.78, 5) is 11.5. The molecule has 1 rings (SSSR count). The zero-order valence-electron chi connectivity index (χ0n) is 11.4. The van der Waals surface area contributed by atoms with Crippen LogP contribution in [0.4, 0.5) is 4.79 Å². The van der Waals surface area contributed by atoms with Gasteiger partial charge in [-0.05, 0) is 33.8 Å². The number of aromatic nitrogens is 2. The lowest BCUT2D eigenvalue weighted by Gasteiger charge is -2.21. The Morgan fingerprint density at radius 3 is 2.83 bits per heavy atom. The minimum atomic E-state index is -0.501. The van der Waals surface area contributed by atoms with Crippen molar-refractivity contribution in [3.8, 4) is 0 Å². The topological polar surface area (TPSA) is 82.2 Å². The summed E-state index contributed by atoms with van der Waals surface area (Å²) >= 11 is 0. The number of carbonyl (C=O) groups is 1. The summed E-state index contributed by atoms with van der Waals surface area (Å²) in [5, 5.41) is 6.79. The fourth-order valence-electron chi connectivity index (χ4n) is 1.53. The van der Waals surface area contributed by atoms with E-state index >= 15 is 0 Å². The molecule has 0 aliphatic carbocycles. The van der Waals surface area contributed by atoms with E-state index in [9.17, 15) is 4.79 Å². The molecule has 0 fully saturated rings. The smallest absolute Gasteiger partial charge is 0.407 e. The molecule has 0 bridgehead atoms. The van der Waals surface area contributed by atoms with Gasteiger partial charge >= 0.3 is 6.09 Å². The Morgan fingerprint density at radius 2 is 2.28 bits per heavy atom. The van der Waals surface area contributed by atoms with Gasteiger partial charge in [-0.25, -0.2) is 4.79 Å². The normalized spacial score (nSPS) is 13.2. The van der Waals surface area contributed by atoms with Crippen LogP contribution in [0, 0.1) is 0 Å².